The Bertz CT molecular complexity index is 298. The Morgan fingerprint density at radius 3 is 2.93 bits per heavy atom. The van der Waals surface area contributed by atoms with Crippen molar-refractivity contribution in [2.24, 2.45) is 0 Å². The minimum Gasteiger partial charge on any atom is -0.474 e. The summed E-state index contributed by atoms with van der Waals surface area (Å²) in [5, 5.41) is 0. The lowest BCUT2D eigenvalue weighted by Gasteiger charge is -2.22. The fourth-order valence-corrected chi connectivity index (χ4v) is 1.46. The van der Waals surface area contributed by atoms with Crippen LogP contribution >= 0.6 is 0 Å². The molecule has 0 N–H and O–H groups in total. The minimum atomic E-state index is 0.248. The molecule has 2 rings (SSSR count). The maximum absolute atomic E-state index is 5.70. The molecular formula is C10H14N2O2. The Morgan fingerprint density at radius 2 is 2.21 bits per heavy atom. The largest absolute Gasteiger partial charge is 0.474 e. The van der Waals surface area contributed by atoms with Crippen molar-refractivity contribution < 1.29 is 9.47 Å². The van der Waals surface area contributed by atoms with Gasteiger partial charge >= 0.3 is 0 Å². The number of nitrogens with zero attached hydrogens (tertiary/aromatic N) is 2. The highest BCUT2D eigenvalue weighted by Crippen LogP contribution is 2.14. The van der Waals surface area contributed by atoms with Crippen molar-refractivity contribution in [2.75, 3.05) is 13.2 Å². The predicted molar refractivity (Wildman–Crippen MR) is 51.2 cm³/mol. The Kier molecular flexibility index (Phi) is 2.93. The fraction of sp³-hybridized carbons (Fsp3) is 0.600. The van der Waals surface area contributed by atoms with Gasteiger partial charge in [-0.25, -0.2) is 4.98 Å². The van der Waals surface area contributed by atoms with Crippen LogP contribution in [0.2, 0.25) is 0 Å². The summed E-state index contributed by atoms with van der Waals surface area (Å²) in [5.41, 5.74) is 0. The maximum atomic E-state index is 5.70. The molecule has 2 heterocycles. The van der Waals surface area contributed by atoms with Gasteiger partial charge in [0.2, 0.25) is 5.88 Å². The van der Waals surface area contributed by atoms with E-state index in [2.05, 4.69) is 9.97 Å². The van der Waals surface area contributed by atoms with Gasteiger partial charge in [0.1, 0.15) is 11.9 Å². The van der Waals surface area contributed by atoms with E-state index in [1.165, 1.54) is 0 Å². The molecule has 0 unspecified atom stereocenters. The first-order valence-electron chi connectivity index (χ1n) is 4.88. The van der Waals surface area contributed by atoms with Crippen molar-refractivity contribution in [3.8, 4) is 5.88 Å². The van der Waals surface area contributed by atoms with Gasteiger partial charge in [-0.1, -0.05) is 0 Å². The highest BCUT2D eigenvalue weighted by molar-refractivity contribution is 5.08. The molecule has 1 saturated heterocycles. The topological polar surface area (TPSA) is 44.2 Å². The quantitative estimate of drug-likeness (QED) is 0.712. The first-order valence-corrected chi connectivity index (χ1v) is 4.88. The molecule has 0 aliphatic carbocycles. The van der Waals surface area contributed by atoms with E-state index in [0.717, 1.165) is 31.9 Å². The van der Waals surface area contributed by atoms with Gasteiger partial charge < -0.3 is 9.47 Å². The van der Waals surface area contributed by atoms with E-state index < -0.39 is 0 Å². The van der Waals surface area contributed by atoms with Crippen LogP contribution in [0.4, 0.5) is 0 Å². The van der Waals surface area contributed by atoms with Crippen molar-refractivity contribution in [1.29, 1.82) is 0 Å². The van der Waals surface area contributed by atoms with Crippen LogP contribution in [0.1, 0.15) is 18.7 Å². The molecule has 4 nitrogen and oxygen atoms in total. The van der Waals surface area contributed by atoms with Crippen LogP contribution in [-0.2, 0) is 4.74 Å². The Labute approximate surface area is 83.3 Å². The maximum Gasteiger partial charge on any atom is 0.216 e. The van der Waals surface area contributed by atoms with Crippen LogP contribution in [0, 0.1) is 6.92 Å². The summed E-state index contributed by atoms with van der Waals surface area (Å²) in [6, 6.07) is 1.79. The van der Waals surface area contributed by atoms with Crippen LogP contribution in [-0.4, -0.2) is 29.3 Å². The zero-order chi connectivity index (χ0) is 9.80. The number of hydrogen-bond donors (Lipinski definition) is 0. The molecule has 1 aromatic rings. The van der Waals surface area contributed by atoms with Crippen LogP contribution < -0.4 is 4.74 Å². The normalized spacial score (nSPS) is 18.1. The molecule has 0 aromatic carbocycles. The van der Waals surface area contributed by atoms with Gasteiger partial charge in [0, 0.05) is 25.1 Å². The molecule has 1 aliphatic rings. The van der Waals surface area contributed by atoms with Crippen molar-refractivity contribution in [2.45, 2.75) is 25.9 Å². The smallest absolute Gasteiger partial charge is 0.216 e. The third kappa shape index (κ3) is 2.42. The van der Waals surface area contributed by atoms with Crippen LogP contribution in [0.3, 0.4) is 0 Å². The molecule has 0 saturated carbocycles. The second-order valence-corrected chi connectivity index (χ2v) is 3.37. The molecule has 0 atom stereocenters. The zero-order valence-electron chi connectivity index (χ0n) is 8.27. The van der Waals surface area contributed by atoms with Gasteiger partial charge in [0.15, 0.2) is 0 Å². The average Bonchev–Trinajstić information content (AvgIpc) is 2.19. The molecule has 0 bridgehead atoms. The molecule has 14 heavy (non-hydrogen) atoms. The third-order valence-corrected chi connectivity index (χ3v) is 2.21. The number of rotatable bonds is 2. The van der Waals surface area contributed by atoms with E-state index in [4.69, 9.17) is 9.47 Å². The highest BCUT2D eigenvalue weighted by Gasteiger charge is 2.15. The van der Waals surface area contributed by atoms with Crippen molar-refractivity contribution in [1.82, 2.24) is 9.97 Å². The molecule has 4 heteroatoms. The summed E-state index contributed by atoms with van der Waals surface area (Å²) in [6.07, 6.45) is 3.86. The SMILES string of the molecule is Cc1nccc(OC2CCOCC2)n1. The van der Waals surface area contributed by atoms with Gasteiger partial charge in [-0.05, 0) is 6.92 Å². The first-order chi connectivity index (χ1) is 6.84. The molecule has 1 aromatic heterocycles. The lowest BCUT2D eigenvalue weighted by Crippen LogP contribution is -2.26. The molecular weight excluding hydrogens is 180 g/mol. The van der Waals surface area contributed by atoms with Gasteiger partial charge in [0.25, 0.3) is 0 Å². The number of aryl methyl sites for hydroxylation is 1. The minimum absolute atomic E-state index is 0.248. The molecule has 0 amide bonds. The van der Waals surface area contributed by atoms with E-state index >= 15 is 0 Å². The van der Waals surface area contributed by atoms with Crippen molar-refractivity contribution in [3.63, 3.8) is 0 Å². The highest BCUT2D eigenvalue weighted by atomic mass is 16.5. The summed E-state index contributed by atoms with van der Waals surface area (Å²) in [7, 11) is 0. The zero-order valence-corrected chi connectivity index (χ0v) is 8.27. The Balaban J connectivity index is 1.95. The van der Waals surface area contributed by atoms with E-state index in [1.54, 1.807) is 12.3 Å². The fourth-order valence-electron chi connectivity index (χ4n) is 1.46. The summed E-state index contributed by atoms with van der Waals surface area (Å²) in [5.74, 6) is 1.42. The number of aromatic nitrogens is 2. The van der Waals surface area contributed by atoms with Crippen LogP contribution in [0.25, 0.3) is 0 Å². The third-order valence-electron chi connectivity index (χ3n) is 2.21. The van der Waals surface area contributed by atoms with E-state index in [-0.39, 0.29) is 6.10 Å². The molecule has 1 fully saturated rings. The molecule has 0 spiro atoms. The van der Waals surface area contributed by atoms with Gasteiger partial charge in [-0.3, -0.25) is 0 Å². The summed E-state index contributed by atoms with van der Waals surface area (Å²) in [4.78, 5) is 8.21. The lowest BCUT2D eigenvalue weighted by molar-refractivity contribution is 0.0236. The second-order valence-electron chi connectivity index (χ2n) is 3.37. The average molecular weight is 194 g/mol. The summed E-state index contributed by atoms with van der Waals surface area (Å²) in [6.45, 7) is 3.43. The van der Waals surface area contributed by atoms with E-state index in [1.807, 2.05) is 6.92 Å². The summed E-state index contributed by atoms with van der Waals surface area (Å²) < 4.78 is 11.0. The van der Waals surface area contributed by atoms with Crippen molar-refractivity contribution in [3.05, 3.63) is 18.1 Å². The lowest BCUT2D eigenvalue weighted by atomic mass is 10.2. The van der Waals surface area contributed by atoms with Crippen molar-refractivity contribution >= 4 is 0 Å². The number of ether oxygens (including phenoxy) is 2. The molecule has 76 valence electrons. The van der Waals surface area contributed by atoms with Gasteiger partial charge in [-0.2, -0.15) is 4.98 Å². The predicted octanol–water partition coefficient (Wildman–Crippen LogP) is 1.34. The summed E-state index contributed by atoms with van der Waals surface area (Å²) >= 11 is 0. The second kappa shape index (κ2) is 4.37. The van der Waals surface area contributed by atoms with E-state index in [0.29, 0.717) is 5.88 Å². The van der Waals surface area contributed by atoms with Gasteiger partial charge in [-0.15, -0.1) is 0 Å². The molecule has 1 aliphatic heterocycles. The monoisotopic (exact) mass is 194 g/mol. The first kappa shape index (κ1) is 9.40. The van der Waals surface area contributed by atoms with Crippen LogP contribution in [0.5, 0.6) is 5.88 Å². The number of hydrogen-bond acceptors (Lipinski definition) is 4. The van der Waals surface area contributed by atoms with E-state index in [9.17, 15) is 0 Å². The van der Waals surface area contributed by atoms with Gasteiger partial charge in [0.05, 0.1) is 13.2 Å². The Hall–Kier alpha value is -1.16. The van der Waals surface area contributed by atoms with Crippen LogP contribution in [0.15, 0.2) is 12.3 Å². The Morgan fingerprint density at radius 1 is 1.43 bits per heavy atom. The standard InChI is InChI=1S/C10H14N2O2/c1-8-11-5-2-10(12-8)14-9-3-6-13-7-4-9/h2,5,9H,3-4,6-7H2,1H3. The molecule has 0 radical (unpaired) electrons.